The summed E-state index contributed by atoms with van der Waals surface area (Å²) >= 11 is 0. The molecule has 0 saturated carbocycles. The number of nitrogens with zero attached hydrogens (tertiary/aromatic N) is 1. The van der Waals surface area contributed by atoms with Crippen LogP contribution < -0.4 is 0 Å². The average molecular weight is 378 g/mol. The quantitative estimate of drug-likeness (QED) is 0.240. The lowest BCUT2D eigenvalue weighted by atomic mass is 10.1. The molecule has 154 valence electrons. The number of hydrogen-bond donors (Lipinski definition) is 0. The Morgan fingerprint density at radius 2 is 1.56 bits per heavy atom. The van der Waals surface area contributed by atoms with E-state index in [0.717, 1.165) is 25.7 Å². The van der Waals surface area contributed by atoms with Crippen molar-refractivity contribution in [3.8, 4) is 0 Å². The molecule has 1 rings (SSSR count). The molecule has 0 aromatic carbocycles. The van der Waals surface area contributed by atoms with Crippen LogP contribution in [0.3, 0.4) is 0 Å². The summed E-state index contributed by atoms with van der Waals surface area (Å²) in [5.41, 5.74) is 0. The minimum atomic E-state index is -0.458. The van der Waals surface area contributed by atoms with Crippen LogP contribution in [0, 0.1) is 0 Å². The molecule has 4 nitrogen and oxygen atoms in total. The highest BCUT2D eigenvalue weighted by Crippen LogP contribution is 2.12. The second kappa shape index (κ2) is 16.6. The molecule has 2 amide bonds. The van der Waals surface area contributed by atoms with Gasteiger partial charge in [-0.3, -0.25) is 4.79 Å². The number of hydrogen-bond acceptors (Lipinski definition) is 3. The van der Waals surface area contributed by atoms with Crippen LogP contribution in [0.25, 0.3) is 0 Å². The van der Waals surface area contributed by atoms with Crippen LogP contribution in [-0.4, -0.2) is 30.1 Å². The minimum Gasteiger partial charge on any atom is -0.449 e. The van der Waals surface area contributed by atoms with Crippen molar-refractivity contribution in [1.82, 2.24) is 4.90 Å². The zero-order valence-electron chi connectivity index (χ0n) is 17.3. The molecule has 1 aliphatic heterocycles. The summed E-state index contributed by atoms with van der Waals surface area (Å²) in [7, 11) is 0. The number of likely N-dealkylation sites (tertiary alicyclic amines) is 1. The van der Waals surface area contributed by atoms with Gasteiger partial charge in [-0.1, -0.05) is 69.8 Å². The van der Waals surface area contributed by atoms with Gasteiger partial charge in [-0.05, 0) is 44.9 Å². The Kier molecular flexibility index (Phi) is 14.4. The van der Waals surface area contributed by atoms with Crippen molar-refractivity contribution < 1.29 is 14.3 Å². The first-order valence-corrected chi connectivity index (χ1v) is 11.0. The molecular weight excluding hydrogens is 338 g/mol. The number of carbonyl (C=O) groups excluding carboxylic acids is 2. The largest absolute Gasteiger partial charge is 0.449 e. The first-order chi connectivity index (χ1) is 13.3. The molecule has 0 N–H and O–H groups in total. The van der Waals surface area contributed by atoms with Crippen LogP contribution in [0.15, 0.2) is 24.3 Å². The summed E-state index contributed by atoms with van der Waals surface area (Å²) in [6.45, 7) is 3.18. The summed E-state index contributed by atoms with van der Waals surface area (Å²) in [5.74, 6) is -0.1000. The Morgan fingerprint density at radius 1 is 0.926 bits per heavy atom. The molecule has 0 aliphatic carbocycles. The van der Waals surface area contributed by atoms with E-state index in [2.05, 4.69) is 31.2 Å². The van der Waals surface area contributed by atoms with E-state index in [1.54, 1.807) is 0 Å². The van der Waals surface area contributed by atoms with Gasteiger partial charge in [0.25, 0.3) is 0 Å². The van der Waals surface area contributed by atoms with Gasteiger partial charge >= 0.3 is 6.09 Å². The predicted octanol–water partition coefficient (Wildman–Crippen LogP) is 6.56. The highest BCUT2D eigenvalue weighted by molar-refractivity contribution is 5.93. The Morgan fingerprint density at radius 3 is 2.19 bits per heavy atom. The number of carbonyl (C=O) groups is 2. The van der Waals surface area contributed by atoms with Gasteiger partial charge in [-0.25, -0.2) is 9.69 Å². The Balaban J connectivity index is 1.82. The van der Waals surface area contributed by atoms with E-state index < -0.39 is 6.09 Å². The molecule has 1 saturated heterocycles. The summed E-state index contributed by atoms with van der Waals surface area (Å²) in [5, 5.41) is 0. The number of allylic oxidation sites excluding steroid dienone is 4. The average Bonchev–Trinajstić information content (AvgIpc) is 3.10. The van der Waals surface area contributed by atoms with Crippen LogP contribution in [0.2, 0.25) is 0 Å². The maximum atomic E-state index is 11.7. The fraction of sp³-hybridized carbons (Fsp3) is 0.739. The number of unbranched alkanes of at least 4 members (excludes halogenated alkanes) is 9. The third kappa shape index (κ3) is 12.4. The van der Waals surface area contributed by atoms with E-state index in [4.69, 9.17) is 4.74 Å². The normalized spacial score (nSPS) is 14.7. The van der Waals surface area contributed by atoms with Crippen molar-refractivity contribution in [3.05, 3.63) is 24.3 Å². The highest BCUT2D eigenvalue weighted by atomic mass is 16.6. The number of ether oxygens (including phenoxy) is 1. The lowest BCUT2D eigenvalue weighted by molar-refractivity contribution is -0.126. The first kappa shape index (κ1) is 23.5. The summed E-state index contributed by atoms with van der Waals surface area (Å²) in [6, 6.07) is 0. The summed E-state index contributed by atoms with van der Waals surface area (Å²) in [4.78, 5) is 24.3. The van der Waals surface area contributed by atoms with Crippen LogP contribution in [0.4, 0.5) is 4.79 Å². The smallest absolute Gasteiger partial charge is 0.416 e. The fourth-order valence-corrected chi connectivity index (χ4v) is 3.17. The van der Waals surface area contributed by atoms with Gasteiger partial charge in [0.05, 0.1) is 6.61 Å². The van der Waals surface area contributed by atoms with E-state index in [9.17, 15) is 9.59 Å². The van der Waals surface area contributed by atoms with Crippen molar-refractivity contribution in [2.24, 2.45) is 0 Å². The van der Waals surface area contributed by atoms with Crippen molar-refractivity contribution in [2.45, 2.75) is 96.8 Å². The second-order valence-corrected chi connectivity index (χ2v) is 7.35. The summed E-state index contributed by atoms with van der Waals surface area (Å²) < 4.78 is 5.17. The number of rotatable bonds is 15. The highest BCUT2D eigenvalue weighted by Gasteiger charge is 2.27. The first-order valence-electron chi connectivity index (χ1n) is 11.0. The van der Waals surface area contributed by atoms with Gasteiger partial charge in [0.2, 0.25) is 5.91 Å². The standard InChI is InChI=1S/C23H39NO3/c1-2-3-4-5-6-7-8-9-10-11-12-13-14-15-16-17-21-27-23(26)24-20-18-19-22(24)25/h6-7,9-10H,2-5,8,11-21H2,1H3. The molecule has 4 heteroatoms. The SMILES string of the molecule is CCCCCC=CCC=CCCCCCCCCOC(=O)N1CCCC1=O. The van der Waals surface area contributed by atoms with E-state index in [1.165, 1.54) is 62.7 Å². The minimum absolute atomic E-state index is 0.1000. The third-order valence-corrected chi connectivity index (χ3v) is 4.86. The maximum Gasteiger partial charge on any atom is 0.416 e. The Hall–Kier alpha value is -1.58. The molecule has 0 radical (unpaired) electrons. The van der Waals surface area contributed by atoms with E-state index in [0.29, 0.717) is 19.6 Å². The molecule has 0 bridgehead atoms. The monoisotopic (exact) mass is 377 g/mol. The van der Waals surface area contributed by atoms with Crippen LogP contribution in [0.1, 0.15) is 96.8 Å². The van der Waals surface area contributed by atoms with Gasteiger partial charge in [-0.15, -0.1) is 0 Å². The molecular formula is C23H39NO3. The molecule has 27 heavy (non-hydrogen) atoms. The molecule has 1 heterocycles. The van der Waals surface area contributed by atoms with E-state index in [1.807, 2.05) is 0 Å². The van der Waals surface area contributed by atoms with Gasteiger partial charge in [0.15, 0.2) is 0 Å². The molecule has 0 aromatic heterocycles. The lowest BCUT2D eigenvalue weighted by Gasteiger charge is -2.13. The van der Waals surface area contributed by atoms with Crippen molar-refractivity contribution in [1.29, 1.82) is 0 Å². The van der Waals surface area contributed by atoms with Crippen LogP contribution in [0.5, 0.6) is 0 Å². The maximum absolute atomic E-state index is 11.7. The van der Waals surface area contributed by atoms with Crippen molar-refractivity contribution in [2.75, 3.05) is 13.2 Å². The number of imide groups is 1. The zero-order chi connectivity index (χ0) is 19.6. The Labute approximate surface area is 166 Å². The van der Waals surface area contributed by atoms with Gasteiger partial charge < -0.3 is 4.74 Å². The molecule has 1 fully saturated rings. The predicted molar refractivity (Wildman–Crippen MR) is 112 cm³/mol. The van der Waals surface area contributed by atoms with Gasteiger partial charge in [0, 0.05) is 13.0 Å². The van der Waals surface area contributed by atoms with Crippen LogP contribution >= 0.6 is 0 Å². The second-order valence-electron chi connectivity index (χ2n) is 7.35. The molecule has 0 spiro atoms. The topological polar surface area (TPSA) is 46.6 Å². The van der Waals surface area contributed by atoms with E-state index in [-0.39, 0.29) is 5.91 Å². The van der Waals surface area contributed by atoms with Crippen molar-refractivity contribution >= 4 is 12.0 Å². The van der Waals surface area contributed by atoms with Crippen molar-refractivity contribution in [3.63, 3.8) is 0 Å². The molecule has 0 atom stereocenters. The van der Waals surface area contributed by atoms with Gasteiger partial charge in [0.1, 0.15) is 0 Å². The fourth-order valence-electron chi connectivity index (χ4n) is 3.17. The number of amides is 2. The van der Waals surface area contributed by atoms with Gasteiger partial charge in [-0.2, -0.15) is 0 Å². The summed E-state index contributed by atoms with van der Waals surface area (Å²) in [6.07, 6.45) is 24.2. The molecule has 0 aromatic rings. The molecule has 0 unspecified atom stereocenters. The van der Waals surface area contributed by atoms with Crippen LogP contribution in [-0.2, 0) is 9.53 Å². The lowest BCUT2D eigenvalue weighted by Crippen LogP contribution is -2.32. The van der Waals surface area contributed by atoms with E-state index >= 15 is 0 Å². The third-order valence-electron chi connectivity index (χ3n) is 4.86. The zero-order valence-corrected chi connectivity index (χ0v) is 17.3. The molecule has 1 aliphatic rings. The Bertz CT molecular complexity index is 457.